The standard InChI is InChI=1S/C25H26N6O3/c1-30-21-12-26-22(28-25(32)15-6-7-15)10-20(21)23(29-30)19-5-3-4-18(24(19)33-2)16-11-27-31(13-16)17-8-9-34-14-17/h3-5,10-13,15,17H,6-9,14H2,1-2H3,(H,26,28,32)/t17-/m0/s1. The highest BCUT2D eigenvalue weighted by molar-refractivity contribution is 6.00. The predicted octanol–water partition coefficient (Wildman–Crippen LogP) is 3.82. The molecule has 2 aliphatic rings. The maximum Gasteiger partial charge on any atom is 0.228 e. The number of methoxy groups -OCH3 is 1. The highest BCUT2D eigenvalue weighted by Crippen LogP contribution is 2.41. The molecule has 1 atom stereocenters. The number of carbonyl (C=O) groups is 1. The van der Waals surface area contributed by atoms with Crippen LogP contribution in [0.4, 0.5) is 5.82 Å². The molecule has 0 bridgehead atoms. The van der Waals surface area contributed by atoms with Crippen LogP contribution in [0.25, 0.3) is 33.3 Å². The second-order valence-electron chi connectivity index (χ2n) is 8.94. The van der Waals surface area contributed by atoms with Gasteiger partial charge in [0, 0.05) is 47.8 Å². The molecule has 0 spiro atoms. The van der Waals surface area contributed by atoms with Crippen LogP contribution < -0.4 is 10.1 Å². The van der Waals surface area contributed by atoms with Crippen LogP contribution in [0.1, 0.15) is 25.3 Å². The number of aromatic nitrogens is 5. The molecule has 2 fully saturated rings. The van der Waals surface area contributed by atoms with Crippen LogP contribution in [0.5, 0.6) is 5.75 Å². The number of nitrogens with zero attached hydrogens (tertiary/aromatic N) is 5. The fraction of sp³-hybridized carbons (Fsp3) is 0.360. The number of hydrogen-bond donors (Lipinski definition) is 1. The van der Waals surface area contributed by atoms with Gasteiger partial charge >= 0.3 is 0 Å². The van der Waals surface area contributed by atoms with Crippen LogP contribution in [0.15, 0.2) is 42.9 Å². The van der Waals surface area contributed by atoms with Gasteiger partial charge in [0.05, 0.1) is 37.7 Å². The summed E-state index contributed by atoms with van der Waals surface area (Å²) in [7, 11) is 3.56. The van der Waals surface area contributed by atoms with E-state index in [1.807, 2.05) is 48.4 Å². The lowest BCUT2D eigenvalue weighted by Gasteiger charge is -2.12. The van der Waals surface area contributed by atoms with Gasteiger partial charge in [0.25, 0.3) is 0 Å². The highest BCUT2D eigenvalue weighted by atomic mass is 16.5. The summed E-state index contributed by atoms with van der Waals surface area (Å²) in [6.45, 7) is 1.45. The van der Waals surface area contributed by atoms with Crippen molar-refractivity contribution in [3.05, 3.63) is 42.9 Å². The third-order valence-electron chi connectivity index (χ3n) is 6.60. The molecule has 0 unspecified atom stereocenters. The average molecular weight is 459 g/mol. The zero-order chi connectivity index (χ0) is 23.2. The Morgan fingerprint density at radius 3 is 2.82 bits per heavy atom. The van der Waals surface area contributed by atoms with Crippen molar-refractivity contribution >= 4 is 22.6 Å². The molecular formula is C25H26N6O3. The van der Waals surface area contributed by atoms with Crippen molar-refractivity contribution in [1.29, 1.82) is 0 Å². The third kappa shape index (κ3) is 3.62. The van der Waals surface area contributed by atoms with Crippen molar-refractivity contribution in [2.24, 2.45) is 13.0 Å². The molecule has 1 aromatic carbocycles. The van der Waals surface area contributed by atoms with Gasteiger partial charge in [-0.3, -0.25) is 14.2 Å². The summed E-state index contributed by atoms with van der Waals surface area (Å²) in [6, 6.07) is 8.19. The molecule has 1 amide bonds. The molecule has 1 saturated heterocycles. The molecule has 4 heterocycles. The number of anilines is 1. The van der Waals surface area contributed by atoms with Crippen LogP contribution >= 0.6 is 0 Å². The van der Waals surface area contributed by atoms with Crippen molar-refractivity contribution in [3.8, 4) is 28.1 Å². The second-order valence-corrected chi connectivity index (χ2v) is 8.94. The van der Waals surface area contributed by atoms with Crippen LogP contribution in [-0.4, -0.2) is 50.8 Å². The number of benzene rings is 1. The molecule has 9 heteroatoms. The summed E-state index contributed by atoms with van der Waals surface area (Å²) in [5.74, 6) is 1.40. The first-order valence-electron chi connectivity index (χ1n) is 11.6. The number of nitrogens with one attached hydrogen (secondary N) is 1. The number of rotatable bonds is 6. The molecule has 1 aliphatic carbocycles. The fourth-order valence-electron chi connectivity index (χ4n) is 4.57. The molecule has 1 saturated carbocycles. The Hall–Kier alpha value is -3.72. The number of aryl methyl sites for hydroxylation is 1. The number of fused-ring (bicyclic) bond motifs is 1. The molecule has 1 N–H and O–H groups in total. The van der Waals surface area contributed by atoms with Crippen LogP contribution in [0.2, 0.25) is 0 Å². The van der Waals surface area contributed by atoms with Gasteiger partial charge in [0.2, 0.25) is 5.91 Å². The maximum absolute atomic E-state index is 12.3. The topological polar surface area (TPSA) is 96.1 Å². The van der Waals surface area contributed by atoms with Crippen molar-refractivity contribution in [1.82, 2.24) is 24.5 Å². The first-order chi connectivity index (χ1) is 16.6. The minimum absolute atomic E-state index is 0.0292. The maximum atomic E-state index is 12.3. The summed E-state index contributed by atoms with van der Waals surface area (Å²) in [6.07, 6.45) is 8.52. The van der Waals surface area contributed by atoms with Gasteiger partial charge < -0.3 is 14.8 Å². The zero-order valence-corrected chi connectivity index (χ0v) is 19.2. The molecule has 0 radical (unpaired) electrons. The summed E-state index contributed by atoms with van der Waals surface area (Å²) < 4.78 is 15.2. The van der Waals surface area contributed by atoms with Gasteiger partial charge in [-0.25, -0.2) is 4.98 Å². The van der Waals surface area contributed by atoms with Gasteiger partial charge in [-0.05, 0) is 31.4 Å². The first kappa shape index (κ1) is 20.9. The number of amides is 1. The van der Waals surface area contributed by atoms with E-state index >= 15 is 0 Å². The number of ether oxygens (including phenoxy) is 2. The average Bonchev–Trinajstić information content (AvgIpc) is 3.22. The van der Waals surface area contributed by atoms with E-state index in [1.165, 1.54) is 0 Å². The lowest BCUT2D eigenvalue weighted by molar-refractivity contribution is -0.117. The molecular weight excluding hydrogens is 432 g/mol. The number of para-hydroxylation sites is 1. The molecule has 174 valence electrons. The minimum atomic E-state index is 0.0292. The molecule has 3 aromatic heterocycles. The number of pyridine rings is 1. The Bertz CT molecular complexity index is 1380. The van der Waals surface area contributed by atoms with Crippen molar-refractivity contribution in [2.45, 2.75) is 25.3 Å². The Morgan fingerprint density at radius 2 is 2.06 bits per heavy atom. The van der Waals surface area contributed by atoms with Crippen LogP contribution in [0, 0.1) is 5.92 Å². The smallest absolute Gasteiger partial charge is 0.228 e. The predicted molar refractivity (Wildman–Crippen MR) is 128 cm³/mol. The Morgan fingerprint density at radius 1 is 1.21 bits per heavy atom. The lowest BCUT2D eigenvalue weighted by Crippen LogP contribution is -2.14. The van der Waals surface area contributed by atoms with Crippen LogP contribution in [-0.2, 0) is 16.6 Å². The normalized spacial score (nSPS) is 17.9. The monoisotopic (exact) mass is 458 g/mol. The summed E-state index contributed by atoms with van der Waals surface area (Å²) in [4.78, 5) is 16.7. The molecule has 6 rings (SSSR count). The van der Waals surface area contributed by atoms with E-state index in [4.69, 9.17) is 14.6 Å². The van der Waals surface area contributed by atoms with Crippen molar-refractivity contribution in [2.75, 3.05) is 25.6 Å². The zero-order valence-electron chi connectivity index (χ0n) is 19.2. The highest BCUT2D eigenvalue weighted by Gasteiger charge is 2.30. The van der Waals surface area contributed by atoms with E-state index in [2.05, 4.69) is 15.4 Å². The van der Waals surface area contributed by atoms with E-state index < -0.39 is 0 Å². The molecule has 1 aliphatic heterocycles. The number of hydrogen-bond acceptors (Lipinski definition) is 6. The van der Waals surface area contributed by atoms with E-state index in [-0.39, 0.29) is 17.9 Å². The third-order valence-corrected chi connectivity index (χ3v) is 6.60. The van der Waals surface area contributed by atoms with Gasteiger partial charge in [-0.2, -0.15) is 10.2 Å². The Labute approximate surface area is 196 Å². The summed E-state index contributed by atoms with van der Waals surface area (Å²) >= 11 is 0. The SMILES string of the molecule is COc1c(-c2cnn([C@H]3CCOC3)c2)cccc1-c1nn(C)c2cnc(NC(=O)C3CC3)cc12. The molecule has 34 heavy (non-hydrogen) atoms. The largest absolute Gasteiger partial charge is 0.495 e. The van der Waals surface area contributed by atoms with E-state index in [0.717, 1.165) is 64.9 Å². The lowest BCUT2D eigenvalue weighted by atomic mass is 10.0. The van der Waals surface area contributed by atoms with Crippen molar-refractivity contribution < 1.29 is 14.3 Å². The molecule has 4 aromatic rings. The van der Waals surface area contributed by atoms with Crippen molar-refractivity contribution in [3.63, 3.8) is 0 Å². The van der Waals surface area contributed by atoms with Gasteiger partial charge in [0.1, 0.15) is 17.3 Å². The summed E-state index contributed by atoms with van der Waals surface area (Å²) in [5.41, 5.74) is 4.44. The molecule has 9 nitrogen and oxygen atoms in total. The fourth-order valence-corrected chi connectivity index (χ4v) is 4.57. The first-order valence-corrected chi connectivity index (χ1v) is 11.6. The van der Waals surface area contributed by atoms with Crippen LogP contribution in [0.3, 0.4) is 0 Å². The summed E-state index contributed by atoms with van der Waals surface area (Å²) in [5, 5.41) is 13.2. The quantitative estimate of drug-likeness (QED) is 0.472. The van der Waals surface area contributed by atoms with E-state index in [0.29, 0.717) is 12.4 Å². The van der Waals surface area contributed by atoms with E-state index in [1.54, 1.807) is 18.0 Å². The van der Waals surface area contributed by atoms with E-state index in [9.17, 15) is 4.79 Å². The number of carbonyl (C=O) groups excluding carboxylic acids is 1. The van der Waals surface area contributed by atoms with Gasteiger partial charge in [0.15, 0.2) is 0 Å². The second kappa shape index (κ2) is 8.25. The van der Waals surface area contributed by atoms with Gasteiger partial charge in [-0.1, -0.05) is 12.1 Å². The Kier molecular flexibility index (Phi) is 5.06. The Balaban J connectivity index is 1.42. The minimum Gasteiger partial charge on any atom is -0.495 e. The van der Waals surface area contributed by atoms with Gasteiger partial charge in [-0.15, -0.1) is 0 Å².